The first-order valence-corrected chi connectivity index (χ1v) is 17.8. The van der Waals surface area contributed by atoms with Gasteiger partial charge < -0.3 is 13.3 Å². The van der Waals surface area contributed by atoms with Crippen LogP contribution in [0.3, 0.4) is 0 Å². The molecule has 0 amide bonds. The van der Waals surface area contributed by atoms with Gasteiger partial charge in [0.2, 0.25) is 0 Å². The Balaban J connectivity index is -0.00000113. The molecule has 0 fully saturated rings. The Bertz CT molecular complexity index is 1090. The number of rotatable bonds is 17. The van der Waals surface area contributed by atoms with Gasteiger partial charge in [-0.2, -0.15) is 0 Å². The lowest BCUT2D eigenvalue weighted by molar-refractivity contribution is -0.697. The van der Waals surface area contributed by atoms with Crippen LogP contribution in [-0.4, -0.2) is 35.1 Å². The van der Waals surface area contributed by atoms with Crippen LogP contribution in [0.15, 0.2) is 73.6 Å². The highest BCUT2D eigenvalue weighted by Gasteiger charge is 2.37. The minimum Gasteiger partial charge on any atom is -0.377 e. The molecular formula is C39H73N3O3Si+2. The zero-order chi connectivity index (χ0) is 30.8. The van der Waals surface area contributed by atoms with Crippen molar-refractivity contribution in [3.63, 3.8) is 0 Å². The molecule has 6 nitrogen and oxygen atoms in total. The highest BCUT2D eigenvalue weighted by molar-refractivity contribution is 6.60. The molecule has 0 saturated heterocycles. The minimum absolute atomic E-state index is 0. The Labute approximate surface area is 287 Å². The van der Waals surface area contributed by atoms with E-state index in [1.54, 1.807) is 21.3 Å². The van der Waals surface area contributed by atoms with Crippen LogP contribution in [-0.2, 0) is 26.4 Å². The summed E-state index contributed by atoms with van der Waals surface area (Å²) in [6.45, 7) is 13.4. The van der Waals surface area contributed by atoms with Crippen molar-refractivity contribution in [1.29, 1.82) is 0 Å². The number of nitrogens with zero attached hydrogens (tertiary/aromatic N) is 3. The third-order valence-corrected chi connectivity index (χ3v) is 11.3. The monoisotopic (exact) mass is 660 g/mol. The van der Waals surface area contributed by atoms with Gasteiger partial charge in [0.05, 0.1) is 0 Å². The molecule has 46 heavy (non-hydrogen) atoms. The number of hydrogen-bond acceptors (Lipinski definition) is 4. The summed E-state index contributed by atoms with van der Waals surface area (Å²) in [6, 6.07) is 14.2. The van der Waals surface area contributed by atoms with Crippen LogP contribution in [0.1, 0.15) is 137 Å². The first kappa shape index (κ1) is 47.9. The van der Waals surface area contributed by atoms with E-state index in [4.69, 9.17) is 13.3 Å². The highest BCUT2D eigenvalue weighted by Crippen LogP contribution is 2.31. The summed E-state index contributed by atoms with van der Waals surface area (Å²) in [5.74, 6) is 1.79. The molecule has 264 valence electrons. The maximum Gasteiger partial charge on any atom is 0.500 e. The molecule has 0 saturated carbocycles. The third-order valence-electron chi connectivity index (χ3n) is 8.49. The van der Waals surface area contributed by atoms with Crippen LogP contribution in [0.5, 0.6) is 0 Å². The van der Waals surface area contributed by atoms with Gasteiger partial charge in [0.15, 0.2) is 24.8 Å². The van der Waals surface area contributed by atoms with Crippen molar-refractivity contribution in [2.24, 2.45) is 0 Å². The number of aromatic nitrogens is 3. The van der Waals surface area contributed by atoms with E-state index >= 15 is 0 Å². The standard InChI is InChI=1S/C26H44N2O3Si.C9H13N.4CH4/c1-7-9-15-27-19-13-26(14-20-27)24(8-2)22-23(3)25-11-17-28(18-12-25)16-10-21-32(29-4,30-5)31-6;1-3-8(2)9-4-6-10-7-5-9;;;;/h11-14,17-20,23-24H,7-10,15-16,21-22H2,1-6H3;4-8H,3H2,1-2H3;4*1H4/q+2;;;;;. The van der Waals surface area contributed by atoms with E-state index in [0.717, 1.165) is 25.6 Å². The summed E-state index contributed by atoms with van der Waals surface area (Å²) in [5, 5.41) is 0. The second-order valence-electron chi connectivity index (χ2n) is 11.3. The molecule has 0 bridgehead atoms. The lowest BCUT2D eigenvalue weighted by atomic mass is 9.85. The van der Waals surface area contributed by atoms with Crippen molar-refractivity contribution >= 4 is 8.80 Å². The molecule has 0 aliphatic heterocycles. The SMILES string of the molecule is C.C.C.C.CCC(C)c1ccncc1.CCCC[n+]1ccc(C(CC)CC(C)c2cc[n+](CCC[Si](OC)(OC)OC)cc2)cc1. The number of hydrogen-bond donors (Lipinski definition) is 0. The number of pyridine rings is 3. The van der Waals surface area contributed by atoms with E-state index in [-0.39, 0.29) is 29.7 Å². The molecule has 3 aromatic rings. The van der Waals surface area contributed by atoms with Crippen molar-refractivity contribution in [2.45, 2.75) is 140 Å². The average Bonchev–Trinajstić information content (AvgIpc) is 3.05. The van der Waals surface area contributed by atoms with Crippen LogP contribution in [0.25, 0.3) is 0 Å². The maximum atomic E-state index is 5.52. The van der Waals surface area contributed by atoms with Crippen LogP contribution in [0, 0.1) is 0 Å². The van der Waals surface area contributed by atoms with Gasteiger partial charge >= 0.3 is 8.80 Å². The molecule has 0 radical (unpaired) electrons. The van der Waals surface area contributed by atoms with E-state index < -0.39 is 8.80 Å². The topological polar surface area (TPSA) is 48.3 Å². The van der Waals surface area contributed by atoms with E-state index in [1.165, 1.54) is 48.8 Å². The molecule has 3 unspecified atom stereocenters. The lowest BCUT2D eigenvalue weighted by Gasteiger charge is -2.23. The van der Waals surface area contributed by atoms with E-state index in [9.17, 15) is 0 Å². The van der Waals surface area contributed by atoms with Gasteiger partial charge in [-0.25, -0.2) is 9.13 Å². The fourth-order valence-electron chi connectivity index (χ4n) is 5.24. The highest BCUT2D eigenvalue weighted by atomic mass is 28.4. The lowest BCUT2D eigenvalue weighted by Crippen LogP contribution is -2.44. The Kier molecular flexibility index (Phi) is 27.7. The van der Waals surface area contributed by atoms with Crippen molar-refractivity contribution in [3.05, 3.63) is 90.3 Å². The number of unbranched alkanes of at least 4 members (excludes halogenated alkanes) is 1. The third kappa shape index (κ3) is 15.9. The summed E-state index contributed by atoms with van der Waals surface area (Å²) in [6.07, 6.45) is 19.6. The zero-order valence-electron chi connectivity index (χ0n) is 27.6. The van der Waals surface area contributed by atoms with Gasteiger partial charge in [-0.05, 0) is 65.8 Å². The smallest absolute Gasteiger partial charge is 0.377 e. The van der Waals surface area contributed by atoms with Crippen molar-refractivity contribution < 1.29 is 22.4 Å². The summed E-state index contributed by atoms with van der Waals surface area (Å²) < 4.78 is 21.1. The van der Waals surface area contributed by atoms with E-state index in [1.807, 2.05) is 12.4 Å². The van der Waals surface area contributed by atoms with Crippen LogP contribution >= 0.6 is 0 Å². The predicted molar refractivity (Wildman–Crippen MR) is 200 cm³/mol. The average molecular weight is 660 g/mol. The first-order valence-electron chi connectivity index (χ1n) is 15.9. The summed E-state index contributed by atoms with van der Waals surface area (Å²) in [7, 11) is 2.54. The Morgan fingerprint density at radius 3 is 1.52 bits per heavy atom. The van der Waals surface area contributed by atoms with Crippen LogP contribution in [0.2, 0.25) is 6.04 Å². The van der Waals surface area contributed by atoms with Gasteiger partial charge in [0.25, 0.3) is 0 Å². The van der Waals surface area contributed by atoms with Gasteiger partial charge in [-0.15, -0.1) is 0 Å². The molecule has 0 spiro atoms. The minimum atomic E-state index is -2.48. The van der Waals surface area contributed by atoms with Gasteiger partial charge in [0, 0.05) is 76.9 Å². The largest absolute Gasteiger partial charge is 0.500 e. The second-order valence-corrected chi connectivity index (χ2v) is 14.4. The Hall–Kier alpha value is -2.45. The van der Waals surface area contributed by atoms with Gasteiger partial charge in [-0.3, -0.25) is 4.98 Å². The van der Waals surface area contributed by atoms with Gasteiger partial charge in [-0.1, -0.05) is 70.7 Å². The van der Waals surface area contributed by atoms with E-state index in [0.29, 0.717) is 17.8 Å². The fourth-order valence-corrected chi connectivity index (χ4v) is 6.94. The van der Waals surface area contributed by atoms with Crippen molar-refractivity contribution in [1.82, 2.24) is 4.98 Å². The van der Waals surface area contributed by atoms with Crippen LogP contribution < -0.4 is 9.13 Å². The molecule has 3 rings (SSSR count). The normalized spacial score (nSPS) is 12.4. The van der Waals surface area contributed by atoms with E-state index in [2.05, 4.69) is 110 Å². The molecule has 7 heteroatoms. The fraction of sp³-hybridized carbons (Fsp3) is 0.615. The quantitative estimate of drug-likeness (QED) is 0.107. The Morgan fingerprint density at radius 1 is 0.630 bits per heavy atom. The predicted octanol–water partition coefficient (Wildman–Crippen LogP) is 10.2. The summed E-state index contributed by atoms with van der Waals surface area (Å²) in [5.41, 5.74) is 4.25. The summed E-state index contributed by atoms with van der Waals surface area (Å²) >= 11 is 0. The van der Waals surface area contributed by atoms with Crippen molar-refractivity contribution in [3.8, 4) is 0 Å². The molecular weight excluding hydrogens is 587 g/mol. The van der Waals surface area contributed by atoms with Gasteiger partial charge in [0.1, 0.15) is 13.1 Å². The molecule has 3 aromatic heterocycles. The molecule has 0 aliphatic rings. The van der Waals surface area contributed by atoms with Crippen LogP contribution in [0.4, 0.5) is 0 Å². The second kappa shape index (κ2) is 26.6. The molecule has 0 aliphatic carbocycles. The zero-order valence-corrected chi connectivity index (χ0v) is 28.6. The summed E-state index contributed by atoms with van der Waals surface area (Å²) in [4.78, 5) is 3.96. The Morgan fingerprint density at radius 2 is 1.09 bits per heavy atom. The molecule has 0 aromatic carbocycles. The first-order chi connectivity index (χ1) is 20.3. The molecule has 0 N–H and O–H groups in total. The number of aryl methyl sites for hydroxylation is 2. The maximum absolute atomic E-state index is 5.52. The molecule has 3 atom stereocenters. The van der Waals surface area contributed by atoms with Crippen molar-refractivity contribution in [2.75, 3.05) is 21.3 Å². The molecule has 3 heterocycles.